The van der Waals surface area contributed by atoms with E-state index in [1.807, 2.05) is 41.8 Å². The van der Waals surface area contributed by atoms with Crippen molar-refractivity contribution in [2.45, 2.75) is 38.0 Å². The molecule has 6 nitrogen and oxygen atoms in total. The Morgan fingerprint density at radius 1 is 1.09 bits per heavy atom. The van der Waals surface area contributed by atoms with Gasteiger partial charge < -0.3 is 14.6 Å². The number of furan rings is 1. The summed E-state index contributed by atoms with van der Waals surface area (Å²) in [6.45, 7) is 5.10. The van der Waals surface area contributed by atoms with Gasteiger partial charge >= 0.3 is 0 Å². The molecule has 178 valence electrons. The van der Waals surface area contributed by atoms with Crippen molar-refractivity contribution in [2.24, 2.45) is 0 Å². The van der Waals surface area contributed by atoms with E-state index < -0.39 is 0 Å². The van der Waals surface area contributed by atoms with Crippen LogP contribution in [0, 0.1) is 0 Å². The van der Waals surface area contributed by atoms with E-state index in [9.17, 15) is 4.79 Å². The summed E-state index contributed by atoms with van der Waals surface area (Å²) in [5.41, 5.74) is 2.51. The molecular weight excluding hydrogens is 444 g/mol. The van der Waals surface area contributed by atoms with Gasteiger partial charge in [0.15, 0.2) is 0 Å². The number of carbonyl (C=O) groups excluding carboxylic acids is 1. The molecule has 2 aliphatic heterocycles. The first-order chi connectivity index (χ1) is 16.8. The Morgan fingerprint density at radius 3 is 2.71 bits per heavy atom. The Hall–Kier alpha value is -2.90. The van der Waals surface area contributed by atoms with Crippen LogP contribution in [0.1, 0.15) is 59.3 Å². The number of para-hydroxylation sites is 2. The number of nitrogens with one attached hydrogen (secondary N) is 1. The lowest BCUT2D eigenvalue weighted by molar-refractivity contribution is 0.102. The van der Waals surface area contributed by atoms with Gasteiger partial charge in [-0.2, -0.15) is 0 Å². The van der Waals surface area contributed by atoms with Crippen LogP contribution < -0.4 is 10.2 Å². The van der Waals surface area contributed by atoms with Gasteiger partial charge in [0.25, 0.3) is 5.91 Å². The molecule has 2 fully saturated rings. The molecule has 7 heteroatoms. The van der Waals surface area contributed by atoms with Crippen molar-refractivity contribution in [1.29, 1.82) is 0 Å². The molecular formula is C27H32N4O2S. The highest BCUT2D eigenvalue weighted by Gasteiger charge is 2.24. The molecule has 4 heterocycles. The van der Waals surface area contributed by atoms with Crippen molar-refractivity contribution in [3.63, 3.8) is 0 Å². The number of carbonyl (C=O) groups is 1. The average molecular weight is 477 g/mol. The Kier molecular flexibility index (Phi) is 7.41. The number of amides is 1. The lowest BCUT2D eigenvalue weighted by Gasteiger charge is -2.30. The van der Waals surface area contributed by atoms with Crippen LogP contribution in [0.25, 0.3) is 6.08 Å². The second-order valence-corrected chi connectivity index (χ2v) is 9.97. The highest BCUT2D eigenvalue weighted by molar-refractivity contribution is 7.10. The second kappa shape index (κ2) is 11.0. The van der Waals surface area contributed by atoms with E-state index in [-0.39, 0.29) is 5.91 Å². The molecule has 0 bridgehead atoms. The molecule has 2 aliphatic rings. The van der Waals surface area contributed by atoms with Gasteiger partial charge in [0.1, 0.15) is 11.5 Å². The predicted molar refractivity (Wildman–Crippen MR) is 139 cm³/mol. The lowest BCUT2D eigenvalue weighted by atomic mass is 9.97. The molecule has 0 atom stereocenters. The highest BCUT2D eigenvalue weighted by atomic mass is 32.1. The molecule has 1 N–H and O–H groups in total. The third kappa shape index (κ3) is 5.59. The van der Waals surface area contributed by atoms with Gasteiger partial charge in [0.2, 0.25) is 0 Å². The van der Waals surface area contributed by atoms with Crippen LogP contribution in [0.4, 0.5) is 11.4 Å². The Balaban J connectivity index is 1.15. The number of piperidine rings is 2. The Morgan fingerprint density at radius 2 is 1.91 bits per heavy atom. The van der Waals surface area contributed by atoms with E-state index in [2.05, 4.69) is 27.3 Å². The molecule has 3 aromatic rings. The smallest absolute Gasteiger partial charge is 0.275 e. The average Bonchev–Trinajstić information content (AvgIpc) is 3.58. The van der Waals surface area contributed by atoms with Crippen molar-refractivity contribution in [1.82, 2.24) is 9.88 Å². The van der Waals surface area contributed by atoms with Gasteiger partial charge in [-0.1, -0.05) is 18.2 Å². The Labute approximate surface area is 205 Å². The number of hydrogen-bond acceptors (Lipinski definition) is 6. The maximum Gasteiger partial charge on any atom is 0.275 e. The molecule has 0 radical (unpaired) electrons. The van der Waals surface area contributed by atoms with Gasteiger partial charge in [-0.25, -0.2) is 4.98 Å². The monoisotopic (exact) mass is 476 g/mol. The molecule has 1 amide bonds. The fourth-order valence-corrected chi connectivity index (χ4v) is 5.79. The van der Waals surface area contributed by atoms with Crippen molar-refractivity contribution in [3.8, 4) is 0 Å². The van der Waals surface area contributed by atoms with E-state index in [1.54, 1.807) is 17.6 Å². The van der Waals surface area contributed by atoms with Crippen molar-refractivity contribution in [3.05, 3.63) is 70.6 Å². The van der Waals surface area contributed by atoms with E-state index >= 15 is 0 Å². The number of hydrogen-bond donors (Lipinski definition) is 1. The molecule has 1 aromatic carbocycles. The number of rotatable bonds is 7. The van der Waals surface area contributed by atoms with Crippen molar-refractivity contribution >= 4 is 34.7 Å². The summed E-state index contributed by atoms with van der Waals surface area (Å²) in [7, 11) is 0. The molecule has 0 aliphatic carbocycles. The van der Waals surface area contributed by atoms with Gasteiger partial charge in [0, 0.05) is 30.9 Å². The zero-order valence-corrected chi connectivity index (χ0v) is 20.3. The number of anilines is 2. The lowest BCUT2D eigenvalue weighted by Crippen LogP contribution is -2.33. The fourth-order valence-electron chi connectivity index (χ4n) is 4.82. The third-order valence-electron chi connectivity index (χ3n) is 6.73. The summed E-state index contributed by atoms with van der Waals surface area (Å²) in [6.07, 6.45) is 11.7. The predicted octanol–water partition coefficient (Wildman–Crippen LogP) is 5.87. The van der Waals surface area contributed by atoms with Crippen LogP contribution in [0.3, 0.4) is 0 Å². The van der Waals surface area contributed by atoms with E-state index in [0.29, 0.717) is 11.6 Å². The van der Waals surface area contributed by atoms with E-state index in [4.69, 9.17) is 9.40 Å². The van der Waals surface area contributed by atoms with E-state index in [0.717, 1.165) is 67.7 Å². The van der Waals surface area contributed by atoms with Crippen LogP contribution in [-0.4, -0.2) is 48.5 Å². The minimum Gasteiger partial charge on any atom is -0.465 e. The molecule has 0 saturated carbocycles. The molecule has 34 heavy (non-hydrogen) atoms. The minimum absolute atomic E-state index is 0.118. The van der Waals surface area contributed by atoms with Gasteiger partial charge in [0.05, 0.1) is 22.6 Å². The number of likely N-dealkylation sites (tertiary alicyclic amines) is 1. The zero-order chi connectivity index (χ0) is 23.2. The minimum atomic E-state index is -0.118. The van der Waals surface area contributed by atoms with Crippen molar-refractivity contribution < 1.29 is 9.21 Å². The zero-order valence-electron chi connectivity index (χ0n) is 19.5. The summed E-state index contributed by atoms with van der Waals surface area (Å²) in [5, 5.41) is 6.12. The summed E-state index contributed by atoms with van der Waals surface area (Å²) in [4.78, 5) is 22.6. The summed E-state index contributed by atoms with van der Waals surface area (Å²) in [5.74, 6) is 1.20. The van der Waals surface area contributed by atoms with Crippen molar-refractivity contribution in [2.75, 3.05) is 42.9 Å². The van der Waals surface area contributed by atoms with Crippen LogP contribution in [0.5, 0.6) is 0 Å². The van der Waals surface area contributed by atoms with Gasteiger partial charge in [-0.05, 0) is 75.5 Å². The van der Waals surface area contributed by atoms with E-state index in [1.165, 1.54) is 19.3 Å². The molecule has 2 saturated heterocycles. The largest absolute Gasteiger partial charge is 0.465 e. The maximum absolute atomic E-state index is 13.0. The first-order valence-electron chi connectivity index (χ1n) is 12.3. The highest BCUT2D eigenvalue weighted by Crippen LogP contribution is 2.32. The SMILES string of the molecule is O=C(Nc1ccccc1N1CCCCC1)c1csc(C2CCN(CC=Cc3ccco3)CC2)n1. The topological polar surface area (TPSA) is 61.6 Å². The molecule has 0 spiro atoms. The standard InChI is InChI=1S/C27H32N4O2S/c32-26(28-23-10-2-3-11-25(23)31-15-4-1-5-16-31)24-20-34-27(29-24)21-12-17-30(18-13-21)14-6-8-22-9-7-19-33-22/h2-3,6-11,19-21H,1,4-5,12-18H2,(H,28,32). The van der Waals surface area contributed by atoms with Crippen LogP contribution >= 0.6 is 11.3 Å². The third-order valence-corrected chi connectivity index (χ3v) is 7.74. The Bertz CT molecular complexity index is 1090. The fraction of sp³-hybridized carbons (Fsp3) is 0.407. The summed E-state index contributed by atoms with van der Waals surface area (Å²) >= 11 is 1.62. The number of aromatic nitrogens is 1. The number of thiazole rings is 1. The second-order valence-electron chi connectivity index (χ2n) is 9.08. The first kappa shape index (κ1) is 22.9. The van der Waals surface area contributed by atoms with Crippen LogP contribution in [0.2, 0.25) is 0 Å². The molecule has 0 unspecified atom stereocenters. The first-order valence-corrected chi connectivity index (χ1v) is 13.2. The van der Waals surface area contributed by atoms with Crippen LogP contribution in [-0.2, 0) is 0 Å². The molecule has 5 rings (SSSR count). The summed E-state index contributed by atoms with van der Waals surface area (Å²) < 4.78 is 5.35. The molecule has 2 aromatic heterocycles. The normalized spacial score (nSPS) is 17.9. The number of nitrogens with zero attached hydrogens (tertiary/aromatic N) is 3. The number of benzene rings is 1. The van der Waals surface area contributed by atoms with Gasteiger partial charge in [-0.3, -0.25) is 9.69 Å². The summed E-state index contributed by atoms with van der Waals surface area (Å²) in [6, 6.07) is 12.0. The van der Waals surface area contributed by atoms with Gasteiger partial charge in [-0.15, -0.1) is 11.3 Å². The van der Waals surface area contributed by atoms with Crippen LogP contribution in [0.15, 0.2) is 58.5 Å². The quantitative estimate of drug-likeness (QED) is 0.462. The maximum atomic E-state index is 13.0.